The van der Waals surface area contributed by atoms with Gasteiger partial charge in [-0.2, -0.15) is 0 Å². The fourth-order valence-electron chi connectivity index (χ4n) is 1.69. The summed E-state index contributed by atoms with van der Waals surface area (Å²) in [7, 11) is 0. The van der Waals surface area contributed by atoms with Crippen molar-refractivity contribution in [2.24, 2.45) is 0 Å². The van der Waals surface area contributed by atoms with Crippen molar-refractivity contribution in [3.63, 3.8) is 0 Å². The first-order valence-electron chi connectivity index (χ1n) is 6.16. The number of unbranched alkanes of at least 4 members (excludes halogenated alkanes) is 1. The van der Waals surface area contributed by atoms with Crippen LogP contribution in [-0.4, -0.2) is 23.3 Å². The lowest BCUT2D eigenvalue weighted by Gasteiger charge is -2.20. The Labute approximate surface area is 112 Å². The molecule has 92 valence electrons. The number of thiophene rings is 1. The van der Waals surface area contributed by atoms with Gasteiger partial charge < -0.3 is 0 Å². The smallest absolute Gasteiger partial charge is 0.0328 e. The molecule has 1 aromatic heterocycles. The first-order chi connectivity index (χ1) is 7.80. The van der Waals surface area contributed by atoms with E-state index >= 15 is 0 Å². The molecule has 0 N–H and O–H groups in total. The van der Waals surface area contributed by atoms with Crippen molar-refractivity contribution in [3.8, 4) is 0 Å². The van der Waals surface area contributed by atoms with E-state index in [1.54, 1.807) is 0 Å². The third-order valence-corrected chi connectivity index (χ3v) is 4.24. The second-order valence-corrected chi connectivity index (χ2v) is 6.09. The molecule has 0 amide bonds. The minimum absolute atomic E-state index is 1.07. The number of hydrogen-bond acceptors (Lipinski definition) is 2. The molecule has 0 aromatic carbocycles. The minimum atomic E-state index is 1.07. The molecule has 0 aliphatic carbocycles. The third kappa shape index (κ3) is 4.98. The Morgan fingerprint density at radius 1 is 1.19 bits per heavy atom. The van der Waals surface area contributed by atoms with Crippen molar-refractivity contribution < 1.29 is 0 Å². The maximum Gasteiger partial charge on any atom is 0.0328 e. The molecule has 0 unspecified atom stereocenters. The molecule has 0 saturated carbocycles. The predicted octanol–water partition coefficient (Wildman–Crippen LogP) is 4.31. The first kappa shape index (κ1) is 14.2. The molecule has 0 atom stereocenters. The van der Waals surface area contributed by atoms with E-state index in [1.165, 1.54) is 29.1 Å². The Balaban J connectivity index is 2.46. The maximum atomic E-state index is 3.54. The SMILES string of the molecule is CCCCN(CCBr)Cc1ccc(CC)s1. The van der Waals surface area contributed by atoms with Crippen LogP contribution in [0.15, 0.2) is 12.1 Å². The van der Waals surface area contributed by atoms with E-state index in [9.17, 15) is 0 Å². The summed E-state index contributed by atoms with van der Waals surface area (Å²) in [5, 5.41) is 1.07. The van der Waals surface area contributed by atoms with Crippen LogP contribution >= 0.6 is 27.3 Å². The van der Waals surface area contributed by atoms with Gasteiger partial charge in [0, 0.05) is 28.2 Å². The average Bonchev–Trinajstić information content (AvgIpc) is 2.74. The second kappa shape index (κ2) is 8.26. The normalized spacial score (nSPS) is 11.2. The van der Waals surface area contributed by atoms with Crippen molar-refractivity contribution >= 4 is 27.3 Å². The Bertz CT molecular complexity index is 285. The van der Waals surface area contributed by atoms with Gasteiger partial charge in [-0.05, 0) is 31.5 Å². The number of aryl methyl sites for hydroxylation is 1. The van der Waals surface area contributed by atoms with Crippen molar-refractivity contribution in [2.45, 2.75) is 39.7 Å². The number of hydrogen-bond donors (Lipinski definition) is 0. The van der Waals surface area contributed by atoms with Gasteiger partial charge in [0.2, 0.25) is 0 Å². The Kier molecular flexibility index (Phi) is 7.33. The van der Waals surface area contributed by atoms with E-state index in [4.69, 9.17) is 0 Å². The molecule has 1 heterocycles. The van der Waals surface area contributed by atoms with Gasteiger partial charge in [0.05, 0.1) is 0 Å². The van der Waals surface area contributed by atoms with Crippen LogP contribution in [0.1, 0.15) is 36.4 Å². The summed E-state index contributed by atoms with van der Waals surface area (Å²) in [6.45, 7) is 7.98. The Hall–Kier alpha value is 0.140. The molecule has 0 bridgehead atoms. The fourth-order valence-corrected chi connectivity index (χ4v) is 3.19. The van der Waals surface area contributed by atoms with Gasteiger partial charge in [0.1, 0.15) is 0 Å². The number of nitrogens with zero attached hydrogens (tertiary/aromatic N) is 1. The fraction of sp³-hybridized carbons (Fsp3) is 0.692. The molecule has 1 nitrogen and oxygen atoms in total. The highest BCUT2D eigenvalue weighted by molar-refractivity contribution is 9.09. The summed E-state index contributed by atoms with van der Waals surface area (Å²) in [6.07, 6.45) is 3.75. The zero-order chi connectivity index (χ0) is 11.8. The lowest BCUT2D eigenvalue weighted by Crippen LogP contribution is -2.25. The topological polar surface area (TPSA) is 3.24 Å². The van der Waals surface area contributed by atoms with Gasteiger partial charge in [-0.15, -0.1) is 11.3 Å². The highest BCUT2D eigenvalue weighted by Gasteiger charge is 2.06. The molecule has 0 radical (unpaired) electrons. The molecule has 1 rings (SSSR count). The van der Waals surface area contributed by atoms with Crippen molar-refractivity contribution in [2.75, 3.05) is 18.4 Å². The number of halogens is 1. The van der Waals surface area contributed by atoms with E-state index in [2.05, 4.69) is 46.8 Å². The molecule has 0 fully saturated rings. The summed E-state index contributed by atoms with van der Waals surface area (Å²) in [4.78, 5) is 5.56. The van der Waals surface area contributed by atoms with Crippen LogP contribution in [0.3, 0.4) is 0 Å². The lowest BCUT2D eigenvalue weighted by molar-refractivity contribution is 0.281. The van der Waals surface area contributed by atoms with Gasteiger partial charge in [-0.1, -0.05) is 36.2 Å². The molecule has 3 heteroatoms. The molecular weight excluding hydrogens is 282 g/mol. The van der Waals surface area contributed by atoms with Crippen LogP contribution in [0.25, 0.3) is 0 Å². The molecule has 0 aliphatic rings. The van der Waals surface area contributed by atoms with E-state index in [0.717, 1.165) is 24.8 Å². The standard InChI is InChI=1S/C13H22BrNS/c1-3-5-9-15(10-8-14)11-13-7-6-12(4-2)16-13/h6-7H,3-5,8-11H2,1-2H3. The van der Waals surface area contributed by atoms with Crippen LogP contribution in [0.4, 0.5) is 0 Å². The summed E-state index contributed by atoms with van der Waals surface area (Å²) >= 11 is 5.50. The summed E-state index contributed by atoms with van der Waals surface area (Å²) in [6, 6.07) is 4.56. The van der Waals surface area contributed by atoms with Crippen LogP contribution in [0.2, 0.25) is 0 Å². The Morgan fingerprint density at radius 2 is 1.94 bits per heavy atom. The summed E-state index contributed by atoms with van der Waals surface area (Å²) in [5.74, 6) is 0. The van der Waals surface area contributed by atoms with Crippen LogP contribution in [0.5, 0.6) is 0 Å². The molecule has 0 spiro atoms. The van der Waals surface area contributed by atoms with Gasteiger partial charge in [0.15, 0.2) is 0 Å². The summed E-state index contributed by atoms with van der Waals surface area (Å²) in [5.41, 5.74) is 0. The Morgan fingerprint density at radius 3 is 2.50 bits per heavy atom. The van der Waals surface area contributed by atoms with E-state index in [-0.39, 0.29) is 0 Å². The first-order valence-corrected chi connectivity index (χ1v) is 8.09. The van der Waals surface area contributed by atoms with E-state index in [0.29, 0.717) is 0 Å². The van der Waals surface area contributed by atoms with Crippen molar-refractivity contribution in [3.05, 3.63) is 21.9 Å². The average molecular weight is 304 g/mol. The predicted molar refractivity (Wildman–Crippen MR) is 77.7 cm³/mol. The van der Waals surface area contributed by atoms with Gasteiger partial charge in [-0.3, -0.25) is 4.90 Å². The maximum absolute atomic E-state index is 3.54. The molecule has 16 heavy (non-hydrogen) atoms. The highest BCUT2D eigenvalue weighted by atomic mass is 79.9. The van der Waals surface area contributed by atoms with E-state index in [1.807, 2.05) is 11.3 Å². The summed E-state index contributed by atoms with van der Waals surface area (Å²) < 4.78 is 0. The quantitative estimate of drug-likeness (QED) is 0.647. The third-order valence-electron chi connectivity index (χ3n) is 2.67. The highest BCUT2D eigenvalue weighted by Crippen LogP contribution is 2.19. The van der Waals surface area contributed by atoms with Crippen LogP contribution in [0, 0.1) is 0 Å². The van der Waals surface area contributed by atoms with Crippen molar-refractivity contribution in [1.82, 2.24) is 4.90 Å². The lowest BCUT2D eigenvalue weighted by atomic mass is 10.3. The van der Waals surface area contributed by atoms with Gasteiger partial charge >= 0.3 is 0 Å². The van der Waals surface area contributed by atoms with E-state index < -0.39 is 0 Å². The van der Waals surface area contributed by atoms with Gasteiger partial charge in [0.25, 0.3) is 0 Å². The second-order valence-electron chi connectivity index (χ2n) is 4.04. The zero-order valence-electron chi connectivity index (χ0n) is 10.3. The molecule has 1 aromatic rings. The number of rotatable bonds is 8. The zero-order valence-corrected chi connectivity index (χ0v) is 12.7. The van der Waals surface area contributed by atoms with Crippen molar-refractivity contribution in [1.29, 1.82) is 0 Å². The monoisotopic (exact) mass is 303 g/mol. The van der Waals surface area contributed by atoms with Crippen LogP contribution < -0.4 is 0 Å². The molecule has 0 aliphatic heterocycles. The largest absolute Gasteiger partial charge is 0.297 e. The molecule has 0 saturated heterocycles. The molecular formula is C13H22BrNS. The van der Waals surface area contributed by atoms with Crippen LogP contribution in [-0.2, 0) is 13.0 Å². The minimum Gasteiger partial charge on any atom is -0.297 e. The van der Waals surface area contributed by atoms with Gasteiger partial charge in [-0.25, -0.2) is 0 Å². The number of alkyl halides is 1.